The van der Waals surface area contributed by atoms with Gasteiger partial charge in [-0.1, -0.05) is 37.6 Å². The van der Waals surface area contributed by atoms with Crippen LogP contribution < -0.4 is 0 Å². The summed E-state index contributed by atoms with van der Waals surface area (Å²) in [6.45, 7) is 4.56. The van der Waals surface area contributed by atoms with Gasteiger partial charge in [-0.05, 0) is 44.4 Å². The van der Waals surface area contributed by atoms with Crippen molar-refractivity contribution in [2.45, 2.75) is 69.9 Å². The van der Waals surface area contributed by atoms with Crippen molar-refractivity contribution in [2.24, 2.45) is 28.6 Å². The van der Waals surface area contributed by atoms with Crippen molar-refractivity contribution in [1.29, 1.82) is 0 Å². The molecular formula is C22H31FO5. The molecule has 0 aromatic rings. The number of allylic oxidation sites excluding steroid dienone is 2. The van der Waals surface area contributed by atoms with Crippen LogP contribution in [0.4, 0.5) is 4.39 Å². The standard InChI is InChI=1S/C22H31FO5/c1-12-8-16-15-5-4-13-9-14(25)6-7-19(13,2)21(15,23)17(26)10-20(16,3)22(12,28)18(27)11-24/h6-7,9,12,14-17,24-26,28H,4-5,8,10-11H2,1-3H3/t12-,14?,15-,16+,17-,19-,20-,21+,22+/m0/s1. The highest BCUT2D eigenvalue weighted by atomic mass is 19.1. The molecule has 0 spiro atoms. The van der Waals surface area contributed by atoms with Gasteiger partial charge in [0.05, 0.1) is 12.2 Å². The molecule has 0 radical (unpaired) electrons. The molecule has 0 saturated heterocycles. The lowest BCUT2D eigenvalue weighted by Gasteiger charge is -2.62. The smallest absolute Gasteiger partial charge is 0.190 e. The molecule has 0 amide bonds. The van der Waals surface area contributed by atoms with Crippen LogP contribution in [0.15, 0.2) is 23.8 Å². The number of fused-ring (bicyclic) bond motifs is 5. The Labute approximate surface area is 165 Å². The second kappa shape index (κ2) is 5.97. The monoisotopic (exact) mass is 394 g/mol. The molecule has 9 atom stereocenters. The number of carbonyl (C=O) groups is 1. The van der Waals surface area contributed by atoms with Crippen LogP contribution in [0.25, 0.3) is 0 Å². The molecule has 0 aliphatic heterocycles. The first-order chi connectivity index (χ1) is 13.0. The van der Waals surface area contributed by atoms with E-state index in [2.05, 4.69) is 0 Å². The normalized spacial score (nSPS) is 55.1. The summed E-state index contributed by atoms with van der Waals surface area (Å²) in [4.78, 5) is 12.6. The summed E-state index contributed by atoms with van der Waals surface area (Å²) < 4.78 is 16.9. The molecule has 156 valence electrons. The number of alkyl halides is 1. The number of rotatable bonds is 2. The molecule has 4 N–H and O–H groups in total. The maximum atomic E-state index is 16.9. The highest BCUT2D eigenvalue weighted by Gasteiger charge is 2.75. The third-order valence-electron chi connectivity index (χ3n) is 8.89. The lowest BCUT2D eigenvalue weighted by Crippen LogP contribution is -2.69. The van der Waals surface area contributed by atoms with Crippen LogP contribution in [-0.2, 0) is 4.79 Å². The summed E-state index contributed by atoms with van der Waals surface area (Å²) in [6.07, 6.45) is 4.36. The number of hydrogen-bond donors (Lipinski definition) is 4. The lowest BCUT2D eigenvalue weighted by molar-refractivity contribution is -0.219. The Balaban J connectivity index is 1.83. The van der Waals surface area contributed by atoms with Gasteiger partial charge in [-0.3, -0.25) is 4.79 Å². The quantitative estimate of drug-likeness (QED) is 0.535. The van der Waals surface area contributed by atoms with E-state index in [0.717, 1.165) is 5.57 Å². The zero-order valence-corrected chi connectivity index (χ0v) is 16.7. The zero-order valence-electron chi connectivity index (χ0n) is 16.7. The van der Waals surface area contributed by atoms with Crippen molar-refractivity contribution in [2.75, 3.05) is 6.61 Å². The summed E-state index contributed by atoms with van der Waals surface area (Å²) in [5, 5.41) is 42.0. The van der Waals surface area contributed by atoms with Crippen LogP contribution in [0.1, 0.15) is 46.5 Å². The summed E-state index contributed by atoms with van der Waals surface area (Å²) in [7, 11) is 0. The first kappa shape index (κ1) is 20.2. The Bertz CT molecular complexity index is 764. The minimum Gasteiger partial charge on any atom is -0.390 e. The highest BCUT2D eigenvalue weighted by molar-refractivity contribution is 5.90. The maximum absolute atomic E-state index is 16.9. The van der Waals surface area contributed by atoms with Crippen LogP contribution in [-0.4, -0.2) is 56.3 Å². The van der Waals surface area contributed by atoms with E-state index < -0.39 is 58.5 Å². The van der Waals surface area contributed by atoms with Crippen LogP contribution in [0, 0.1) is 28.6 Å². The number of halogens is 1. The third-order valence-corrected chi connectivity index (χ3v) is 8.89. The lowest BCUT2D eigenvalue weighted by atomic mass is 9.44. The summed E-state index contributed by atoms with van der Waals surface area (Å²) in [5.41, 5.74) is -4.94. The van der Waals surface area contributed by atoms with Gasteiger partial charge in [0.2, 0.25) is 0 Å². The average molecular weight is 394 g/mol. The molecule has 4 rings (SSSR count). The Hall–Kier alpha value is -1.08. The van der Waals surface area contributed by atoms with Crippen molar-refractivity contribution >= 4 is 5.78 Å². The molecule has 3 saturated carbocycles. The molecule has 0 aromatic heterocycles. The summed E-state index contributed by atoms with van der Waals surface area (Å²) in [6, 6.07) is 0. The Kier molecular flexibility index (Phi) is 4.31. The van der Waals surface area contributed by atoms with Gasteiger partial charge in [-0.2, -0.15) is 0 Å². The molecule has 1 unspecified atom stereocenters. The fourth-order valence-corrected chi connectivity index (χ4v) is 7.38. The molecule has 3 fully saturated rings. The molecule has 4 aliphatic carbocycles. The molecule has 0 bridgehead atoms. The molecule has 0 aromatic carbocycles. The van der Waals surface area contributed by atoms with E-state index in [1.54, 1.807) is 39.0 Å². The van der Waals surface area contributed by atoms with E-state index >= 15 is 4.39 Å². The fraction of sp³-hybridized carbons (Fsp3) is 0.773. The second-order valence-corrected chi connectivity index (χ2v) is 9.89. The van der Waals surface area contributed by atoms with Gasteiger partial charge >= 0.3 is 0 Å². The maximum Gasteiger partial charge on any atom is 0.190 e. The first-order valence-corrected chi connectivity index (χ1v) is 10.3. The van der Waals surface area contributed by atoms with Crippen molar-refractivity contribution in [3.8, 4) is 0 Å². The van der Waals surface area contributed by atoms with Gasteiger partial charge in [-0.25, -0.2) is 4.39 Å². The molecular weight excluding hydrogens is 363 g/mol. The average Bonchev–Trinajstić information content (AvgIpc) is 2.84. The number of aliphatic hydroxyl groups is 4. The van der Waals surface area contributed by atoms with E-state index in [1.807, 2.05) is 0 Å². The second-order valence-electron chi connectivity index (χ2n) is 9.89. The van der Waals surface area contributed by atoms with Gasteiger partial charge in [0.25, 0.3) is 0 Å². The predicted molar refractivity (Wildman–Crippen MR) is 101 cm³/mol. The molecule has 4 aliphatic rings. The van der Waals surface area contributed by atoms with Gasteiger partial charge < -0.3 is 20.4 Å². The number of carbonyl (C=O) groups excluding carboxylic acids is 1. The fourth-order valence-electron chi connectivity index (χ4n) is 7.38. The van der Waals surface area contributed by atoms with Gasteiger partial charge in [0.1, 0.15) is 12.2 Å². The molecule has 6 heteroatoms. The number of hydrogen-bond acceptors (Lipinski definition) is 5. The van der Waals surface area contributed by atoms with Crippen LogP contribution in [0.3, 0.4) is 0 Å². The van der Waals surface area contributed by atoms with E-state index in [1.165, 1.54) is 0 Å². The van der Waals surface area contributed by atoms with Gasteiger partial charge in [-0.15, -0.1) is 0 Å². The predicted octanol–water partition coefficient (Wildman–Crippen LogP) is 1.69. The van der Waals surface area contributed by atoms with Crippen molar-refractivity contribution in [3.05, 3.63) is 23.8 Å². The van der Waals surface area contributed by atoms with Crippen LogP contribution >= 0.6 is 0 Å². The number of ketones is 1. The molecule has 5 nitrogen and oxygen atoms in total. The van der Waals surface area contributed by atoms with Crippen molar-refractivity contribution in [3.63, 3.8) is 0 Å². The SMILES string of the molecule is C[C@H]1C[C@@H]2[C@@H]3CCC4=CC(O)C=C[C@]4(C)[C@]3(F)[C@@H](O)C[C@]2(C)[C@]1(O)C(=O)CO. The van der Waals surface area contributed by atoms with Crippen LogP contribution in [0.5, 0.6) is 0 Å². The number of aliphatic hydroxyl groups excluding tert-OH is 3. The topological polar surface area (TPSA) is 98.0 Å². The van der Waals surface area contributed by atoms with Crippen molar-refractivity contribution in [1.82, 2.24) is 0 Å². The van der Waals surface area contributed by atoms with E-state index in [4.69, 9.17) is 0 Å². The summed E-state index contributed by atoms with van der Waals surface area (Å²) >= 11 is 0. The van der Waals surface area contributed by atoms with Crippen LogP contribution in [0.2, 0.25) is 0 Å². The van der Waals surface area contributed by atoms with Crippen molar-refractivity contribution < 1.29 is 29.6 Å². The van der Waals surface area contributed by atoms with E-state index in [-0.39, 0.29) is 12.3 Å². The summed E-state index contributed by atoms with van der Waals surface area (Å²) in [5.74, 6) is -1.88. The van der Waals surface area contributed by atoms with Gasteiger partial charge in [0, 0.05) is 16.7 Å². The van der Waals surface area contributed by atoms with Gasteiger partial charge in [0.15, 0.2) is 11.5 Å². The highest BCUT2D eigenvalue weighted by Crippen LogP contribution is 2.70. The van der Waals surface area contributed by atoms with E-state index in [9.17, 15) is 25.2 Å². The minimum atomic E-state index is -1.94. The Morgan fingerprint density at radius 1 is 1.29 bits per heavy atom. The zero-order chi connectivity index (χ0) is 20.7. The third kappa shape index (κ3) is 2.07. The molecule has 28 heavy (non-hydrogen) atoms. The number of Topliss-reactive ketones (excluding diaryl/α,β-unsaturated/α-hetero) is 1. The molecule has 0 heterocycles. The van der Waals surface area contributed by atoms with E-state index in [0.29, 0.717) is 19.3 Å². The largest absolute Gasteiger partial charge is 0.390 e. The Morgan fingerprint density at radius 2 is 1.96 bits per heavy atom. The minimum absolute atomic E-state index is 0.0451. The first-order valence-electron chi connectivity index (χ1n) is 10.3. The Morgan fingerprint density at radius 3 is 2.61 bits per heavy atom.